The van der Waals surface area contributed by atoms with Gasteiger partial charge < -0.3 is 19.5 Å². The number of nitrogens with one attached hydrogen (secondary N) is 1. The summed E-state index contributed by atoms with van der Waals surface area (Å²) in [5.41, 5.74) is 2.71. The van der Waals surface area contributed by atoms with Crippen molar-refractivity contribution < 1.29 is 19.0 Å². The number of thiophene rings is 1. The van der Waals surface area contributed by atoms with Crippen molar-refractivity contribution in [1.29, 1.82) is 0 Å². The number of carbonyl (C=O) groups is 1. The fourth-order valence-corrected chi connectivity index (χ4v) is 4.38. The zero-order valence-corrected chi connectivity index (χ0v) is 19.2. The van der Waals surface area contributed by atoms with E-state index in [0.29, 0.717) is 35.3 Å². The topological polar surface area (TPSA) is 74.6 Å². The van der Waals surface area contributed by atoms with Crippen molar-refractivity contribution in [2.75, 3.05) is 12.1 Å². The summed E-state index contributed by atoms with van der Waals surface area (Å²) in [5, 5.41) is 9.16. The number of hydrogen-bond acceptors (Lipinski definition) is 6. The highest BCUT2D eigenvalue weighted by Gasteiger charge is 2.14. The molecule has 1 aliphatic heterocycles. The number of benzene rings is 2. The fourth-order valence-electron chi connectivity index (χ4n) is 3.26. The van der Waals surface area contributed by atoms with Crippen LogP contribution in [0.3, 0.4) is 0 Å². The summed E-state index contributed by atoms with van der Waals surface area (Å²) in [5.74, 6) is 1.93. The molecule has 0 atom stereocenters. The van der Waals surface area contributed by atoms with Gasteiger partial charge >= 0.3 is 0 Å². The summed E-state index contributed by atoms with van der Waals surface area (Å²) in [6, 6.07) is 15.0. The molecule has 9 heteroatoms. The summed E-state index contributed by atoms with van der Waals surface area (Å²) in [6.07, 6.45) is 3.65. The number of rotatable bonds is 7. The maximum atomic E-state index is 12.7. The minimum absolute atomic E-state index is 0.150. The smallest absolute Gasteiger partial charge is 0.265 e. The minimum atomic E-state index is -0.150. The van der Waals surface area contributed by atoms with Gasteiger partial charge in [0.05, 0.1) is 22.1 Å². The summed E-state index contributed by atoms with van der Waals surface area (Å²) in [6.45, 7) is 1.21. The third-order valence-electron chi connectivity index (χ3n) is 4.76. The van der Waals surface area contributed by atoms with Crippen LogP contribution in [0, 0.1) is 0 Å². The maximum absolute atomic E-state index is 12.7. The van der Waals surface area contributed by atoms with Crippen molar-refractivity contribution in [2.45, 2.75) is 13.2 Å². The van der Waals surface area contributed by atoms with Gasteiger partial charge in [-0.15, -0.1) is 11.3 Å². The third kappa shape index (κ3) is 4.79. The highest BCUT2D eigenvalue weighted by Crippen LogP contribution is 2.35. The highest BCUT2D eigenvalue weighted by molar-refractivity contribution is 9.10. The van der Waals surface area contributed by atoms with Crippen LogP contribution in [0.2, 0.25) is 0 Å². The van der Waals surface area contributed by atoms with E-state index in [-0.39, 0.29) is 12.7 Å². The van der Waals surface area contributed by atoms with Crippen molar-refractivity contribution in [2.24, 2.45) is 0 Å². The molecule has 0 spiro atoms. The van der Waals surface area contributed by atoms with E-state index in [1.807, 2.05) is 58.7 Å². The predicted molar refractivity (Wildman–Crippen MR) is 125 cm³/mol. The minimum Gasteiger partial charge on any atom is -0.489 e. The van der Waals surface area contributed by atoms with Gasteiger partial charge in [0.25, 0.3) is 5.91 Å². The molecule has 0 saturated heterocycles. The van der Waals surface area contributed by atoms with Crippen LogP contribution in [-0.4, -0.2) is 22.5 Å². The first-order valence-corrected chi connectivity index (χ1v) is 11.5. The molecular weight excluding hydrogens is 494 g/mol. The second kappa shape index (κ2) is 9.05. The lowest BCUT2D eigenvalue weighted by Gasteiger charge is -2.07. The Morgan fingerprint density at radius 3 is 2.94 bits per heavy atom. The van der Waals surface area contributed by atoms with Gasteiger partial charge in [0.2, 0.25) is 6.79 Å². The fraction of sp³-hybridized carbons (Fsp3) is 0.130. The van der Waals surface area contributed by atoms with Gasteiger partial charge in [-0.05, 0) is 57.2 Å². The number of aromatic nitrogens is 2. The quantitative estimate of drug-likeness (QED) is 0.363. The number of anilines is 1. The molecular formula is C23H18BrN3O4S. The second-order valence-electron chi connectivity index (χ2n) is 7.13. The van der Waals surface area contributed by atoms with Crippen LogP contribution in [0.15, 0.2) is 70.8 Å². The van der Waals surface area contributed by atoms with Crippen LogP contribution in [0.4, 0.5) is 5.69 Å². The van der Waals surface area contributed by atoms with Gasteiger partial charge in [-0.2, -0.15) is 5.10 Å². The van der Waals surface area contributed by atoms with Crippen LogP contribution in [0.25, 0.3) is 0 Å². The molecule has 1 amide bonds. The predicted octanol–water partition coefficient (Wildman–Crippen LogP) is 5.32. The zero-order valence-electron chi connectivity index (χ0n) is 16.8. The number of carbonyl (C=O) groups excluding carboxylic acids is 1. The largest absolute Gasteiger partial charge is 0.489 e. The van der Waals surface area contributed by atoms with Crippen LogP contribution >= 0.6 is 27.3 Å². The molecule has 2 aromatic heterocycles. The Morgan fingerprint density at radius 2 is 2.06 bits per heavy atom. The monoisotopic (exact) mass is 511 g/mol. The molecule has 2 aromatic carbocycles. The average molecular weight is 512 g/mol. The third-order valence-corrected chi connectivity index (χ3v) is 6.15. The van der Waals surface area contributed by atoms with E-state index in [9.17, 15) is 4.79 Å². The first-order chi connectivity index (χ1) is 15.6. The maximum Gasteiger partial charge on any atom is 0.265 e. The Kier molecular flexibility index (Phi) is 5.83. The van der Waals surface area contributed by atoms with E-state index < -0.39 is 0 Å². The molecule has 0 fully saturated rings. The molecule has 1 aliphatic rings. The van der Waals surface area contributed by atoms with E-state index in [1.165, 1.54) is 11.3 Å². The lowest BCUT2D eigenvalue weighted by atomic mass is 10.2. The molecule has 3 heterocycles. The van der Waals surface area contributed by atoms with Crippen LogP contribution in [-0.2, 0) is 13.2 Å². The van der Waals surface area contributed by atoms with Crippen molar-refractivity contribution >= 4 is 38.9 Å². The van der Waals surface area contributed by atoms with Crippen molar-refractivity contribution in [3.63, 3.8) is 0 Å². The van der Waals surface area contributed by atoms with Gasteiger partial charge in [-0.3, -0.25) is 9.48 Å². The average Bonchev–Trinajstić information content (AvgIpc) is 3.53. The Morgan fingerprint density at radius 1 is 1.16 bits per heavy atom. The number of amides is 1. The Balaban J connectivity index is 1.19. The van der Waals surface area contributed by atoms with Crippen molar-refractivity contribution in [3.8, 4) is 17.2 Å². The highest BCUT2D eigenvalue weighted by atomic mass is 79.9. The lowest BCUT2D eigenvalue weighted by Crippen LogP contribution is -2.10. The van der Waals surface area contributed by atoms with E-state index in [4.69, 9.17) is 14.2 Å². The zero-order chi connectivity index (χ0) is 21.9. The summed E-state index contributed by atoms with van der Waals surface area (Å²) >= 11 is 4.78. The van der Waals surface area contributed by atoms with E-state index in [0.717, 1.165) is 21.3 Å². The molecule has 0 radical (unpaired) electrons. The summed E-state index contributed by atoms with van der Waals surface area (Å²) in [4.78, 5) is 13.3. The van der Waals surface area contributed by atoms with E-state index >= 15 is 0 Å². The molecule has 0 unspecified atom stereocenters. The summed E-state index contributed by atoms with van der Waals surface area (Å²) < 4.78 is 19.3. The second-order valence-corrected chi connectivity index (χ2v) is 8.96. The Labute approximate surface area is 196 Å². The van der Waals surface area contributed by atoms with Gasteiger partial charge in [0, 0.05) is 23.5 Å². The van der Waals surface area contributed by atoms with Crippen LogP contribution in [0.1, 0.15) is 20.8 Å². The van der Waals surface area contributed by atoms with E-state index in [1.54, 1.807) is 12.3 Å². The lowest BCUT2D eigenvalue weighted by molar-refractivity contribution is 0.103. The first kappa shape index (κ1) is 20.6. The number of hydrogen-bond donors (Lipinski definition) is 1. The van der Waals surface area contributed by atoms with E-state index in [2.05, 4.69) is 26.3 Å². The van der Waals surface area contributed by atoms with Crippen molar-refractivity contribution in [3.05, 3.63) is 86.8 Å². The van der Waals surface area contributed by atoms with Gasteiger partial charge in [0.15, 0.2) is 11.5 Å². The number of fused-ring (bicyclic) bond motifs is 1. The summed E-state index contributed by atoms with van der Waals surface area (Å²) in [7, 11) is 0. The molecule has 0 bridgehead atoms. The number of ether oxygens (including phenoxy) is 3. The normalized spacial score (nSPS) is 12.0. The van der Waals surface area contributed by atoms with Crippen LogP contribution in [0.5, 0.6) is 17.2 Å². The molecule has 32 heavy (non-hydrogen) atoms. The van der Waals surface area contributed by atoms with Gasteiger partial charge in [-0.25, -0.2) is 0 Å². The van der Waals surface area contributed by atoms with Crippen LogP contribution < -0.4 is 19.5 Å². The van der Waals surface area contributed by atoms with Gasteiger partial charge in [-0.1, -0.05) is 12.1 Å². The SMILES string of the molecule is O=C(Nc1cccc(Cn2cc(Br)cn2)c1)c1cc(COc2ccc3c(c2)OCO3)cs1. The molecule has 1 N–H and O–H groups in total. The molecule has 4 aromatic rings. The molecule has 162 valence electrons. The number of nitrogens with zero attached hydrogens (tertiary/aromatic N) is 2. The standard InChI is InChI=1S/C23H18BrN3O4S/c24-17-9-25-27(11-17)10-15-2-1-3-18(6-15)26-23(28)22-7-16(13-32-22)12-29-19-4-5-20-21(8-19)31-14-30-20/h1-9,11,13H,10,12,14H2,(H,26,28). The molecule has 0 aliphatic carbocycles. The Hall–Kier alpha value is -3.30. The molecule has 5 rings (SSSR count). The Bertz CT molecular complexity index is 1270. The van der Waals surface area contributed by atoms with Crippen molar-refractivity contribution in [1.82, 2.24) is 9.78 Å². The van der Waals surface area contributed by atoms with Gasteiger partial charge in [0.1, 0.15) is 12.4 Å². The first-order valence-electron chi connectivity index (χ1n) is 9.80. The number of halogens is 1. The molecule has 7 nitrogen and oxygen atoms in total. The molecule has 0 saturated carbocycles.